The standard InChI is InChI=1S/C23H29F2N3O4S2/c1-11(2)17-13(18(12(3)4)20(25)14(9-26)19(17)24)8-16(30)28-34(31,32)21-15(10-29)27-22(33-21)23(5,6)7/h11-12,29H,8,10H2,1-7H3,(H,28,30). The van der Waals surface area contributed by atoms with Crippen molar-refractivity contribution in [2.24, 2.45) is 0 Å². The fourth-order valence-corrected chi connectivity index (χ4v) is 6.18. The quantitative estimate of drug-likeness (QED) is 0.567. The largest absolute Gasteiger partial charge is 0.390 e. The topological polar surface area (TPSA) is 120 Å². The molecule has 186 valence electrons. The second-order valence-corrected chi connectivity index (χ2v) is 12.5. The first kappa shape index (κ1) is 27.8. The third-order valence-electron chi connectivity index (χ3n) is 5.11. The van der Waals surface area contributed by atoms with Crippen LogP contribution in [0.2, 0.25) is 0 Å². The minimum Gasteiger partial charge on any atom is -0.390 e. The number of hydrogen-bond acceptors (Lipinski definition) is 7. The SMILES string of the molecule is CC(C)c1c(F)c(C#N)c(F)c(C(C)C)c1CC(=O)NS(=O)(=O)c1sc(C(C)(C)C)nc1CO. The van der Waals surface area contributed by atoms with Gasteiger partial charge in [-0.1, -0.05) is 48.5 Å². The van der Waals surface area contributed by atoms with Gasteiger partial charge >= 0.3 is 0 Å². The van der Waals surface area contributed by atoms with Crippen LogP contribution in [0.3, 0.4) is 0 Å². The number of aliphatic hydroxyl groups excluding tert-OH is 1. The molecule has 0 aliphatic rings. The fraction of sp³-hybridized carbons (Fsp3) is 0.522. The van der Waals surface area contributed by atoms with E-state index in [9.17, 15) is 23.6 Å². The average molecular weight is 514 g/mol. The van der Waals surface area contributed by atoms with E-state index in [0.29, 0.717) is 5.01 Å². The minimum absolute atomic E-state index is 0.00180. The summed E-state index contributed by atoms with van der Waals surface area (Å²) in [5.74, 6) is -4.10. The second-order valence-electron chi connectivity index (χ2n) is 9.60. The van der Waals surface area contributed by atoms with E-state index in [1.165, 1.54) is 0 Å². The Morgan fingerprint density at radius 1 is 1.15 bits per heavy atom. The molecular formula is C23H29F2N3O4S2. The zero-order chi connectivity index (χ0) is 26.2. The number of nitrogens with one attached hydrogen (secondary N) is 1. The molecule has 1 aromatic carbocycles. The monoisotopic (exact) mass is 513 g/mol. The Labute approximate surface area is 202 Å². The number of sulfonamides is 1. The lowest BCUT2D eigenvalue weighted by molar-refractivity contribution is -0.118. The highest BCUT2D eigenvalue weighted by Gasteiger charge is 2.32. The second kappa shape index (κ2) is 10.1. The van der Waals surface area contributed by atoms with Crippen molar-refractivity contribution in [1.29, 1.82) is 5.26 Å². The smallest absolute Gasteiger partial charge is 0.275 e. The summed E-state index contributed by atoms with van der Waals surface area (Å²) in [6.45, 7) is 11.4. The summed E-state index contributed by atoms with van der Waals surface area (Å²) in [7, 11) is -4.40. The highest BCUT2D eigenvalue weighted by atomic mass is 32.2. The van der Waals surface area contributed by atoms with E-state index in [-0.39, 0.29) is 26.6 Å². The van der Waals surface area contributed by atoms with Crippen LogP contribution >= 0.6 is 11.3 Å². The van der Waals surface area contributed by atoms with Gasteiger partial charge in [-0.15, -0.1) is 11.3 Å². The molecule has 1 aromatic heterocycles. The molecular weight excluding hydrogens is 484 g/mol. The van der Waals surface area contributed by atoms with Gasteiger partial charge in [0.1, 0.15) is 23.3 Å². The molecule has 0 atom stereocenters. The molecule has 0 radical (unpaired) electrons. The zero-order valence-corrected chi connectivity index (χ0v) is 21.8. The molecule has 0 unspecified atom stereocenters. The minimum atomic E-state index is -4.40. The lowest BCUT2D eigenvalue weighted by atomic mass is 9.84. The molecule has 0 saturated carbocycles. The molecule has 34 heavy (non-hydrogen) atoms. The number of carbonyl (C=O) groups excluding carboxylic acids is 1. The molecule has 0 fully saturated rings. The van der Waals surface area contributed by atoms with Crippen LogP contribution < -0.4 is 4.72 Å². The van der Waals surface area contributed by atoms with E-state index in [1.807, 2.05) is 25.5 Å². The Kier molecular flexibility index (Phi) is 8.23. The third kappa shape index (κ3) is 5.45. The van der Waals surface area contributed by atoms with Gasteiger partial charge in [0.15, 0.2) is 4.21 Å². The van der Waals surface area contributed by atoms with Crippen molar-refractivity contribution in [3.8, 4) is 6.07 Å². The summed E-state index contributed by atoms with van der Waals surface area (Å²) in [5.41, 5.74) is -1.28. The molecule has 0 bridgehead atoms. The summed E-state index contributed by atoms with van der Waals surface area (Å²) >= 11 is 0.842. The van der Waals surface area contributed by atoms with Gasteiger partial charge in [0.05, 0.1) is 23.7 Å². The Morgan fingerprint density at radius 3 is 2.03 bits per heavy atom. The predicted octanol–water partition coefficient (Wildman–Crippen LogP) is 4.38. The van der Waals surface area contributed by atoms with Gasteiger partial charge in [-0.05, 0) is 28.5 Å². The number of amides is 1. The Morgan fingerprint density at radius 2 is 1.65 bits per heavy atom. The van der Waals surface area contributed by atoms with Crippen molar-refractivity contribution in [3.05, 3.63) is 44.6 Å². The number of aromatic nitrogens is 1. The molecule has 2 N–H and O–H groups in total. The maximum atomic E-state index is 15.0. The maximum absolute atomic E-state index is 15.0. The summed E-state index contributed by atoms with van der Waals surface area (Å²) in [6.07, 6.45) is -0.612. The molecule has 7 nitrogen and oxygen atoms in total. The molecule has 0 spiro atoms. The maximum Gasteiger partial charge on any atom is 0.275 e. The first-order valence-electron chi connectivity index (χ1n) is 10.7. The number of nitriles is 1. The Bertz CT molecular complexity index is 1220. The van der Waals surface area contributed by atoms with Gasteiger partial charge in [0.25, 0.3) is 10.0 Å². The van der Waals surface area contributed by atoms with Crippen LogP contribution in [0.4, 0.5) is 8.78 Å². The molecule has 11 heteroatoms. The van der Waals surface area contributed by atoms with Crippen molar-refractivity contribution in [3.63, 3.8) is 0 Å². The number of benzene rings is 1. The number of halogens is 2. The highest BCUT2D eigenvalue weighted by molar-refractivity contribution is 7.92. The third-order valence-corrected chi connectivity index (χ3v) is 8.56. The van der Waals surface area contributed by atoms with Gasteiger partial charge in [0, 0.05) is 5.41 Å². The molecule has 0 saturated heterocycles. The first-order chi connectivity index (χ1) is 15.6. The number of carbonyl (C=O) groups is 1. The molecule has 0 aliphatic carbocycles. The van der Waals surface area contributed by atoms with Crippen LogP contribution in [-0.4, -0.2) is 24.4 Å². The van der Waals surface area contributed by atoms with Crippen molar-refractivity contribution in [2.45, 2.75) is 83.0 Å². The summed E-state index contributed by atoms with van der Waals surface area (Å²) < 4.78 is 57.6. The first-order valence-corrected chi connectivity index (χ1v) is 13.0. The van der Waals surface area contributed by atoms with E-state index in [1.54, 1.807) is 33.8 Å². The molecule has 0 aliphatic heterocycles. The molecule has 2 rings (SSSR count). The zero-order valence-electron chi connectivity index (χ0n) is 20.2. The summed E-state index contributed by atoms with van der Waals surface area (Å²) in [4.78, 5) is 17.0. The van der Waals surface area contributed by atoms with Gasteiger partial charge in [-0.25, -0.2) is 26.9 Å². The number of rotatable bonds is 7. The average Bonchev–Trinajstić information content (AvgIpc) is 3.13. The molecule has 1 amide bonds. The predicted molar refractivity (Wildman–Crippen MR) is 125 cm³/mol. The van der Waals surface area contributed by atoms with Crippen molar-refractivity contribution in [1.82, 2.24) is 9.71 Å². The van der Waals surface area contributed by atoms with Crippen LogP contribution in [0, 0.1) is 23.0 Å². The summed E-state index contributed by atoms with van der Waals surface area (Å²) in [5, 5.41) is 19.3. The highest BCUT2D eigenvalue weighted by Crippen LogP contribution is 2.36. The lowest BCUT2D eigenvalue weighted by Crippen LogP contribution is -2.33. The van der Waals surface area contributed by atoms with Gasteiger partial charge in [0.2, 0.25) is 5.91 Å². The van der Waals surface area contributed by atoms with E-state index >= 15 is 8.78 Å². The van der Waals surface area contributed by atoms with E-state index < -0.39 is 63.4 Å². The summed E-state index contributed by atoms with van der Waals surface area (Å²) in [6, 6.07) is 1.55. The van der Waals surface area contributed by atoms with E-state index in [2.05, 4.69) is 4.98 Å². The lowest BCUT2D eigenvalue weighted by Gasteiger charge is -2.22. The van der Waals surface area contributed by atoms with Crippen LogP contribution in [0.25, 0.3) is 0 Å². The van der Waals surface area contributed by atoms with Crippen LogP contribution in [0.15, 0.2) is 4.21 Å². The van der Waals surface area contributed by atoms with Gasteiger partial charge in [-0.3, -0.25) is 4.79 Å². The number of nitrogens with zero attached hydrogens (tertiary/aromatic N) is 2. The van der Waals surface area contributed by atoms with Crippen molar-refractivity contribution in [2.75, 3.05) is 0 Å². The van der Waals surface area contributed by atoms with E-state index in [4.69, 9.17) is 0 Å². The van der Waals surface area contributed by atoms with Crippen LogP contribution in [0.5, 0.6) is 0 Å². The fourth-order valence-electron chi connectivity index (χ4n) is 3.63. The Balaban J connectivity index is 2.55. The number of thiazole rings is 1. The van der Waals surface area contributed by atoms with E-state index in [0.717, 1.165) is 11.3 Å². The number of hydrogen-bond donors (Lipinski definition) is 2. The molecule has 2 aromatic rings. The normalized spacial score (nSPS) is 12.3. The Hall–Kier alpha value is -2.42. The number of aliphatic hydroxyl groups is 1. The van der Waals surface area contributed by atoms with Crippen LogP contribution in [-0.2, 0) is 33.3 Å². The molecule has 1 heterocycles. The van der Waals surface area contributed by atoms with Crippen molar-refractivity contribution < 1.29 is 27.1 Å². The van der Waals surface area contributed by atoms with Gasteiger partial charge in [-0.2, -0.15) is 5.26 Å². The van der Waals surface area contributed by atoms with Gasteiger partial charge < -0.3 is 5.11 Å². The van der Waals surface area contributed by atoms with Crippen LogP contribution in [0.1, 0.15) is 93.3 Å². The van der Waals surface area contributed by atoms with Crippen molar-refractivity contribution >= 4 is 27.3 Å².